The van der Waals surface area contributed by atoms with Gasteiger partial charge < -0.3 is 10.1 Å². The molecule has 0 spiro atoms. The van der Waals surface area contributed by atoms with E-state index in [0.29, 0.717) is 29.9 Å². The first-order valence-electron chi connectivity index (χ1n) is 7.66. The maximum absolute atomic E-state index is 12.7. The van der Waals surface area contributed by atoms with Crippen molar-refractivity contribution in [1.29, 1.82) is 0 Å². The van der Waals surface area contributed by atoms with E-state index in [4.69, 9.17) is 4.74 Å². The Balaban J connectivity index is 1.78. The van der Waals surface area contributed by atoms with Gasteiger partial charge in [0.05, 0.1) is 12.0 Å². The highest BCUT2D eigenvalue weighted by Gasteiger charge is 2.62. The molecule has 4 aliphatic rings. The molecule has 3 heteroatoms. The van der Waals surface area contributed by atoms with Crippen molar-refractivity contribution in [2.45, 2.75) is 52.4 Å². The summed E-state index contributed by atoms with van der Waals surface area (Å²) in [5.74, 6) is 1.07. The summed E-state index contributed by atoms with van der Waals surface area (Å²) in [6.45, 7) is 6.08. The van der Waals surface area contributed by atoms with E-state index in [0.717, 1.165) is 25.2 Å². The van der Waals surface area contributed by atoms with Crippen LogP contribution in [0.25, 0.3) is 0 Å². The first-order valence-corrected chi connectivity index (χ1v) is 7.66. The summed E-state index contributed by atoms with van der Waals surface area (Å²) in [5.41, 5.74) is 0.746. The molecule has 1 N–H and O–H groups in total. The minimum absolute atomic E-state index is 0.0728. The highest BCUT2D eigenvalue weighted by Crippen LogP contribution is 2.69. The fraction of sp³-hybridized carbons (Fsp3) is 0.938. The predicted octanol–water partition coefficient (Wildman–Crippen LogP) is 2.75. The molecule has 0 radical (unpaired) electrons. The first kappa shape index (κ1) is 13.4. The standard InChI is InChI=1S/C16H27NO2/c1-14-6-12-7-15(2,9-14)11-16(8-12,10-14)13(18)17-4-5-19-3/h12H,4-11H2,1-3H3,(H,17,18)/t12?,14-,15+,16?. The maximum Gasteiger partial charge on any atom is 0.226 e. The number of amides is 1. The third-order valence-corrected chi connectivity index (χ3v) is 5.70. The summed E-state index contributed by atoms with van der Waals surface area (Å²) in [6, 6.07) is 0. The topological polar surface area (TPSA) is 38.3 Å². The van der Waals surface area contributed by atoms with Gasteiger partial charge in [0.25, 0.3) is 0 Å². The van der Waals surface area contributed by atoms with Crippen molar-refractivity contribution in [2.24, 2.45) is 22.2 Å². The van der Waals surface area contributed by atoms with Gasteiger partial charge in [-0.25, -0.2) is 0 Å². The lowest BCUT2D eigenvalue weighted by Gasteiger charge is -2.64. The van der Waals surface area contributed by atoms with Gasteiger partial charge in [0.15, 0.2) is 0 Å². The molecule has 4 bridgehead atoms. The minimum Gasteiger partial charge on any atom is -0.383 e. The highest BCUT2D eigenvalue weighted by atomic mass is 16.5. The van der Waals surface area contributed by atoms with Gasteiger partial charge in [-0.2, -0.15) is 0 Å². The van der Waals surface area contributed by atoms with Crippen molar-refractivity contribution in [3.05, 3.63) is 0 Å². The smallest absolute Gasteiger partial charge is 0.226 e. The number of hydrogen-bond acceptors (Lipinski definition) is 2. The van der Waals surface area contributed by atoms with Crippen LogP contribution in [0.15, 0.2) is 0 Å². The average Bonchev–Trinajstić information content (AvgIpc) is 2.24. The molecule has 4 atom stereocenters. The van der Waals surface area contributed by atoms with Crippen LogP contribution in [0, 0.1) is 22.2 Å². The van der Waals surface area contributed by atoms with Crippen molar-refractivity contribution in [3.8, 4) is 0 Å². The Labute approximate surface area is 116 Å². The molecule has 4 rings (SSSR count). The molecule has 4 fully saturated rings. The van der Waals surface area contributed by atoms with E-state index < -0.39 is 0 Å². The van der Waals surface area contributed by atoms with Gasteiger partial charge in [0.1, 0.15) is 0 Å². The van der Waals surface area contributed by atoms with Crippen LogP contribution in [-0.4, -0.2) is 26.2 Å². The summed E-state index contributed by atoms with van der Waals surface area (Å²) in [4.78, 5) is 12.7. The van der Waals surface area contributed by atoms with Crippen LogP contribution in [-0.2, 0) is 9.53 Å². The lowest BCUT2D eigenvalue weighted by Crippen LogP contribution is -2.60. The van der Waals surface area contributed by atoms with Crippen LogP contribution in [0.3, 0.4) is 0 Å². The molecular weight excluding hydrogens is 238 g/mol. The van der Waals surface area contributed by atoms with Gasteiger partial charge in [0, 0.05) is 13.7 Å². The molecule has 0 aromatic carbocycles. The molecule has 0 heterocycles. The number of rotatable bonds is 4. The molecule has 4 saturated carbocycles. The molecule has 1 amide bonds. The molecule has 0 aromatic rings. The normalized spacial score (nSPS) is 47.4. The van der Waals surface area contributed by atoms with Gasteiger partial charge in [0.2, 0.25) is 5.91 Å². The van der Waals surface area contributed by atoms with Crippen LogP contribution >= 0.6 is 0 Å². The van der Waals surface area contributed by atoms with Crippen molar-refractivity contribution in [3.63, 3.8) is 0 Å². The molecule has 2 unspecified atom stereocenters. The monoisotopic (exact) mass is 265 g/mol. The SMILES string of the molecule is COCCNC(=O)C12CC3C[C@@](C)(C1)C[C@](C)(C3)C2. The second-order valence-electron chi connectivity index (χ2n) is 8.16. The number of methoxy groups -OCH3 is 1. The Morgan fingerprint density at radius 3 is 2.32 bits per heavy atom. The van der Waals surface area contributed by atoms with E-state index in [1.807, 2.05) is 0 Å². The number of nitrogens with one attached hydrogen (secondary N) is 1. The van der Waals surface area contributed by atoms with E-state index in [1.54, 1.807) is 7.11 Å². The van der Waals surface area contributed by atoms with Crippen LogP contribution < -0.4 is 5.32 Å². The number of hydrogen-bond donors (Lipinski definition) is 1. The summed E-state index contributed by atoms with van der Waals surface area (Å²) < 4.78 is 5.04. The molecule has 108 valence electrons. The quantitative estimate of drug-likeness (QED) is 0.794. The van der Waals surface area contributed by atoms with Crippen LogP contribution in [0.1, 0.15) is 52.4 Å². The Hall–Kier alpha value is -0.570. The summed E-state index contributed by atoms with van der Waals surface area (Å²) in [5, 5.41) is 3.11. The molecule has 4 aliphatic carbocycles. The lowest BCUT2D eigenvalue weighted by molar-refractivity contribution is -0.170. The van der Waals surface area contributed by atoms with Crippen molar-refractivity contribution >= 4 is 5.91 Å². The first-order chi connectivity index (χ1) is 8.89. The fourth-order valence-corrected chi connectivity index (χ4v) is 6.16. The Kier molecular flexibility index (Phi) is 2.97. The van der Waals surface area contributed by atoms with Crippen molar-refractivity contribution in [1.82, 2.24) is 5.32 Å². The molecule has 19 heavy (non-hydrogen) atoms. The van der Waals surface area contributed by atoms with E-state index in [2.05, 4.69) is 19.2 Å². The van der Waals surface area contributed by atoms with E-state index in [9.17, 15) is 4.79 Å². The Bertz CT molecular complexity index is 374. The van der Waals surface area contributed by atoms with Gasteiger partial charge >= 0.3 is 0 Å². The fourth-order valence-electron chi connectivity index (χ4n) is 6.16. The minimum atomic E-state index is -0.0728. The van der Waals surface area contributed by atoms with Gasteiger partial charge in [-0.3, -0.25) is 4.79 Å². The summed E-state index contributed by atoms with van der Waals surface area (Å²) >= 11 is 0. The zero-order valence-corrected chi connectivity index (χ0v) is 12.6. The summed E-state index contributed by atoms with van der Waals surface area (Å²) in [7, 11) is 1.68. The van der Waals surface area contributed by atoms with Crippen LogP contribution in [0.5, 0.6) is 0 Å². The number of ether oxygens (including phenoxy) is 1. The second-order valence-corrected chi connectivity index (χ2v) is 8.16. The number of carbonyl (C=O) groups excluding carboxylic acids is 1. The van der Waals surface area contributed by atoms with E-state index in [-0.39, 0.29) is 5.41 Å². The maximum atomic E-state index is 12.7. The highest BCUT2D eigenvalue weighted by molar-refractivity contribution is 5.83. The lowest BCUT2D eigenvalue weighted by atomic mass is 9.40. The van der Waals surface area contributed by atoms with E-state index in [1.165, 1.54) is 19.3 Å². The second kappa shape index (κ2) is 4.21. The molecule has 0 aliphatic heterocycles. The molecular formula is C16H27NO2. The zero-order chi connectivity index (χ0) is 13.7. The zero-order valence-electron chi connectivity index (χ0n) is 12.6. The van der Waals surface area contributed by atoms with Gasteiger partial charge in [-0.15, -0.1) is 0 Å². The Morgan fingerprint density at radius 2 is 1.79 bits per heavy atom. The number of carbonyl (C=O) groups is 1. The third kappa shape index (κ3) is 2.20. The largest absolute Gasteiger partial charge is 0.383 e. The van der Waals surface area contributed by atoms with Crippen molar-refractivity contribution in [2.75, 3.05) is 20.3 Å². The predicted molar refractivity (Wildman–Crippen MR) is 74.7 cm³/mol. The molecule has 3 nitrogen and oxygen atoms in total. The van der Waals surface area contributed by atoms with Gasteiger partial charge in [-0.05, 0) is 55.3 Å². The van der Waals surface area contributed by atoms with Crippen LogP contribution in [0.2, 0.25) is 0 Å². The van der Waals surface area contributed by atoms with Crippen molar-refractivity contribution < 1.29 is 9.53 Å². The van der Waals surface area contributed by atoms with Crippen LogP contribution in [0.4, 0.5) is 0 Å². The third-order valence-electron chi connectivity index (χ3n) is 5.70. The Morgan fingerprint density at radius 1 is 1.16 bits per heavy atom. The van der Waals surface area contributed by atoms with E-state index >= 15 is 0 Å². The average molecular weight is 265 g/mol. The summed E-state index contributed by atoms with van der Waals surface area (Å²) in [6.07, 6.45) is 7.34. The molecule has 0 saturated heterocycles. The van der Waals surface area contributed by atoms with Gasteiger partial charge in [-0.1, -0.05) is 13.8 Å². The molecule has 0 aromatic heterocycles.